The Bertz CT molecular complexity index is 1330. The van der Waals surface area contributed by atoms with Crippen LogP contribution in [0.25, 0.3) is 10.8 Å². The van der Waals surface area contributed by atoms with Crippen molar-refractivity contribution in [3.63, 3.8) is 0 Å². The van der Waals surface area contributed by atoms with E-state index in [2.05, 4.69) is 10.0 Å². The second-order valence-electron chi connectivity index (χ2n) is 7.69. The van der Waals surface area contributed by atoms with Crippen molar-refractivity contribution in [2.45, 2.75) is 24.3 Å². The molecule has 6 heteroatoms. The van der Waals surface area contributed by atoms with Gasteiger partial charge < -0.3 is 5.32 Å². The summed E-state index contributed by atoms with van der Waals surface area (Å²) in [7, 11) is -3.89. The molecule has 0 radical (unpaired) electrons. The Morgan fingerprint density at radius 3 is 2.22 bits per heavy atom. The van der Waals surface area contributed by atoms with Crippen molar-refractivity contribution >= 4 is 32.4 Å². The Morgan fingerprint density at radius 2 is 1.47 bits per heavy atom. The summed E-state index contributed by atoms with van der Waals surface area (Å²) in [5.41, 5.74) is 2.45. The minimum absolute atomic E-state index is 0.124. The quantitative estimate of drug-likeness (QED) is 0.435. The lowest BCUT2D eigenvalue weighted by Crippen LogP contribution is -2.45. The van der Waals surface area contributed by atoms with Gasteiger partial charge in [-0.2, -0.15) is 4.72 Å². The van der Waals surface area contributed by atoms with Crippen LogP contribution < -0.4 is 10.0 Å². The predicted molar refractivity (Wildman–Crippen MR) is 128 cm³/mol. The lowest BCUT2D eigenvalue weighted by Gasteiger charge is -2.19. The summed E-state index contributed by atoms with van der Waals surface area (Å²) < 4.78 is 28.7. The summed E-state index contributed by atoms with van der Waals surface area (Å²) in [5, 5.41) is 4.81. The molecule has 4 aromatic rings. The van der Waals surface area contributed by atoms with E-state index < -0.39 is 22.0 Å². The standard InChI is InChI=1S/C26H24N2O3S/c1-19-14-16-22(17-15-19)32(30,31)28-25(18-20-8-3-2-4-9-20)26(29)27-24-13-7-11-21-10-5-6-12-23(21)24/h2-17,25,28H,18H2,1H3,(H,27,29)/t25-/m0/s1. The highest BCUT2D eigenvalue weighted by molar-refractivity contribution is 7.89. The van der Waals surface area contributed by atoms with Gasteiger partial charge in [-0.3, -0.25) is 4.79 Å². The molecule has 0 bridgehead atoms. The van der Waals surface area contributed by atoms with E-state index in [1.165, 1.54) is 0 Å². The van der Waals surface area contributed by atoms with Crippen molar-refractivity contribution in [1.82, 2.24) is 4.72 Å². The molecule has 32 heavy (non-hydrogen) atoms. The molecule has 2 N–H and O–H groups in total. The van der Waals surface area contributed by atoms with E-state index in [9.17, 15) is 13.2 Å². The molecule has 0 heterocycles. The number of aryl methyl sites for hydroxylation is 1. The third kappa shape index (κ3) is 5.04. The van der Waals surface area contributed by atoms with E-state index in [0.717, 1.165) is 21.9 Å². The molecule has 0 fully saturated rings. The van der Waals surface area contributed by atoms with E-state index in [1.54, 1.807) is 24.3 Å². The van der Waals surface area contributed by atoms with Gasteiger partial charge in [0.15, 0.2) is 0 Å². The van der Waals surface area contributed by atoms with Gasteiger partial charge >= 0.3 is 0 Å². The van der Waals surface area contributed by atoms with Crippen LogP contribution in [0.5, 0.6) is 0 Å². The van der Waals surface area contributed by atoms with Crippen molar-refractivity contribution in [2.75, 3.05) is 5.32 Å². The normalized spacial score (nSPS) is 12.4. The molecular formula is C26H24N2O3S. The van der Waals surface area contributed by atoms with Crippen molar-refractivity contribution < 1.29 is 13.2 Å². The fourth-order valence-electron chi connectivity index (χ4n) is 3.56. The lowest BCUT2D eigenvalue weighted by molar-refractivity contribution is -0.117. The number of carbonyl (C=O) groups excluding carboxylic acids is 1. The first kappa shape index (κ1) is 21.7. The Labute approximate surface area is 188 Å². The molecular weight excluding hydrogens is 420 g/mol. The number of fused-ring (bicyclic) bond motifs is 1. The van der Waals surface area contributed by atoms with Gasteiger partial charge in [0.1, 0.15) is 6.04 Å². The van der Waals surface area contributed by atoms with Gasteiger partial charge in [-0.1, -0.05) is 84.4 Å². The zero-order valence-corrected chi connectivity index (χ0v) is 18.5. The molecule has 4 rings (SSSR count). The third-order valence-corrected chi connectivity index (χ3v) is 6.76. The molecule has 0 aromatic heterocycles. The molecule has 162 valence electrons. The summed E-state index contributed by atoms with van der Waals surface area (Å²) in [6.45, 7) is 1.89. The minimum atomic E-state index is -3.89. The second kappa shape index (κ2) is 9.34. The number of nitrogens with one attached hydrogen (secondary N) is 2. The molecule has 4 aromatic carbocycles. The molecule has 1 atom stereocenters. The SMILES string of the molecule is Cc1ccc(S(=O)(=O)N[C@@H](Cc2ccccc2)C(=O)Nc2cccc3ccccc23)cc1. The van der Waals surface area contributed by atoms with Crippen LogP contribution in [0.2, 0.25) is 0 Å². The van der Waals surface area contributed by atoms with Crippen LogP contribution in [-0.4, -0.2) is 20.4 Å². The van der Waals surface area contributed by atoms with Gasteiger partial charge in [-0.05, 0) is 42.5 Å². The van der Waals surface area contributed by atoms with E-state index in [4.69, 9.17) is 0 Å². The number of carbonyl (C=O) groups is 1. The summed E-state index contributed by atoms with van der Waals surface area (Å²) in [4.78, 5) is 13.4. The number of sulfonamides is 1. The van der Waals surface area contributed by atoms with Crippen molar-refractivity contribution in [2.24, 2.45) is 0 Å². The van der Waals surface area contributed by atoms with E-state index >= 15 is 0 Å². The number of hydrogen-bond donors (Lipinski definition) is 2. The smallest absolute Gasteiger partial charge is 0.242 e. The Balaban J connectivity index is 1.64. The maximum atomic E-state index is 13.3. The summed E-state index contributed by atoms with van der Waals surface area (Å²) >= 11 is 0. The van der Waals surface area contributed by atoms with Crippen LogP contribution >= 0.6 is 0 Å². The highest BCUT2D eigenvalue weighted by atomic mass is 32.2. The zero-order valence-electron chi connectivity index (χ0n) is 17.7. The fraction of sp³-hybridized carbons (Fsp3) is 0.115. The first-order chi connectivity index (χ1) is 15.4. The summed E-state index contributed by atoms with van der Waals surface area (Å²) in [5.74, 6) is -0.416. The van der Waals surface area contributed by atoms with Gasteiger partial charge in [0, 0.05) is 11.1 Å². The van der Waals surface area contributed by atoms with Crippen LogP contribution in [-0.2, 0) is 21.2 Å². The molecule has 0 aliphatic heterocycles. The Kier molecular flexibility index (Phi) is 6.35. The summed E-state index contributed by atoms with van der Waals surface area (Å²) in [6, 6.07) is 28.3. The topological polar surface area (TPSA) is 75.3 Å². The minimum Gasteiger partial charge on any atom is -0.324 e. The van der Waals surface area contributed by atoms with Gasteiger partial charge in [-0.15, -0.1) is 0 Å². The number of anilines is 1. The van der Waals surface area contributed by atoms with Crippen molar-refractivity contribution in [1.29, 1.82) is 0 Å². The highest BCUT2D eigenvalue weighted by Gasteiger charge is 2.26. The number of benzene rings is 4. The van der Waals surface area contributed by atoms with E-state index in [-0.39, 0.29) is 11.3 Å². The molecule has 0 saturated carbocycles. The van der Waals surface area contributed by atoms with Crippen LogP contribution in [0, 0.1) is 6.92 Å². The van der Waals surface area contributed by atoms with Crippen LogP contribution in [0.3, 0.4) is 0 Å². The van der Waals surface area contributed by atoms with Crippen LogP contribution in [0.1, 0.15) is 11.1 Å². The van der Waals surface area contributed by atoms with Gasteiger partial charge in [0.05, 0.1) is 4.90 Å². The maximum Gasteiger partial charge on any atom is 0.242 e. The molecule has 5 nitrogen and oxygen atoms in total. The Hall–Kier alpha value is -3.48. The molecule has 0 aliphatic rings. The Morgan fingerprint density at radius 1 is 0.812 bits per heavy atom. The number of hydrogen-bond acceptors (Lipinski definition) is 3. The van der Waals surface area contributed by atoms with Crippen LogP contribution in [0.4, 0.5) is 5.69 Å². The van der Waals surface area contributed by atoms with Gasteiger partial charge in [0.25, 0.3) is 0 Å². The molecule has 0 spiro atoms. The average molecular weight is 445 g/mol. The van der Waals surface area contributed by atoms with Gasteiger partial charge in [-0.25, -0.2) is 8.42 Å². The first-order valence-corrected chi connectivity index (χ1v) is 11.8. The predicted octanol–water partition coefficient (Wildman–Crippen LogP) is 4.68. The molecule has 1 amide bonds. The molecule has 0 unspecified atom stereocenters. The second-order valence-corrected chi connectivity index (χ2v) is 9.41. The molecule has 0 aliphatic carbocycles. The van der Waals surface area contributed by atoms with Crippen molar-refractivity contribution in [3.8, 4) is 0 Å². The average Bonchev–Trinajstić information content (AvgIpc) is 2.80. The highest BCUT2D eigenvalue weighted by Crippen LogP contribution is 2.23. The fourth-order valence-corrected chi connectivity index (χ4v) is 4.76. The number of rotatable bonds is 7. The van der Waals surface area contributed by atoms with E-state index in [0.29, 0.717) is 5.69 Å². The monoisotopic (exact) mass is 444 g/mol. The molecule has 0 saturated heterocycles. The van der Waals surface area contributed by atoms with Crippen molar-refractivity contribution in [3.05, 3.63) is 108 Å². The largest absolute Gasteiger partial charge is 0.324 e. The van der Waals surface area contributed by atoms with E-state index in [1.807, 2.05) is 79.7 Å². The third-order valence-electron chi connectivity index (χ3n) is 5.28. The van der Waals surface area contributed by atoms with Crippen LogP contribution in [0.15, 0.2) is 102 Å². The zero-order chi connectivity index (χ0) is 22.6. The first-order valence-electron chi connectivity index (χ1n) is 10.3. The number of amides is 1. The summed E-state index contributed by atoms with van der Waals surface area (Å²) in [6.07, 6.45) is 0.225. The lowest BCUT2D eigenvalue weighted by atomic mass is 10.1. The maximum absolute atomic E-state index is 13.3. The van der Waals surface area contributed by atoms with Gasteiger partial charge in [0.2, 0.25) is 15.9 Å².